The summed E-state index contributed by atoms with van der Waals surface area (Å²) >= 11 is 5.92. The molecule has 0 aromatic heterocycles. The predicted molar refractivity (Wildman–Crippen MR) is 68.6 cm³/mol. The highest BCUT2D eigenvalue weighted by molar-refractivity contribution is 6.35. The van der Waals surface area contributed by atoms with Crippen LogP contribution >= 0.6 is 11.6 Å². The highest BCUT2D eigenvalue weighted by Gasteiger charge is 2.25. The van der Waals surface area contributed by atoms with Crippen LogP contribution < -0.4 is 5.32 Å². The Morgan fingerprint density at radius 2 is 2.06 bits per heavy atom. The Balaban J connectivity index is 2.86. The van der Waals surface area contributed by atoms with Crippen molar-refractivity contribution in [2.24, 2.45) is 4.99 Å². The van der Waals surface area contributed by atoms with E-state index < -0.39 is 0 Å². The van der Waals surface area contributed by atoms with Crippen molar-refractivity contribution < 1.29 is 9.90 Å². The molecule has 1 aliphatic rings. The molecule has 2 N–H and O–H groups in total. The number of carbonyl (C=O) groups is 1. The molecule has 1 aromatic carbocycles. The SMILES string of the molecule is CN=C1C=CC(=O)c2c(NC)cc(Cl)c(O)c21. The number of phenolic OH excluding ortho intramolecular Hbond substituents is 1. The third-order valence-electron chi connectivity index (χ3n) is 2.66. The molecule has 2 rings (SSSR count). The van der Waals surface area contributed by atoms with E-state index in [4.69, 9.17) is 11.6 Å². The summed E-state index contributed by atoms with van der Waals surface area (Å²) in [7, 11) is 3.29. The fourth-order valence-electron chi connectivity index (χ4n) is 1.85. The average molecular weight is 251 g/mol. The number of hydrogen-bond donors (Lipinski definition) is 2. The molecule has 0 amide bonds. The Morgan fingerprint density at radius 1 is 1.35 bits per heavy atom. The smallest absolute Gasteiger partial charge is 0.188 e. The summed E-state index contributed by atoms with van der Waals surface area (Å²) in [4.78, 5) is 15.9. The van der Waals surface area contributed by atoms with Crippen LogP contribution in [0.1, 0.15) is 15.9 Å². The molecule has 0 unspecified atom stereocenters. The molecule has 0 atom stereocenters. The van der Waals surface area contributed by atoms with Gasteiger partial charge in [0, 0.05) is 19.8 Å². The number of rotatable bonds is 1. The molecule has 88 valence electrons. The van der Waals surface area contributed by atoms with Crippen LogP contribution in [0.2, 0.25) is 5.02 Å². The van der Waals surface area contributed by atoms with E-state index in [1.807, 2.05) is 0 Å². The van der Waals surface area contributed by atoms with E-state index in [-0.39, 0.29) is 16.6 Å². The number of aliphatic imine (C=N–C) groups is 1. The normalized spacial score (nSPS) is 16.2. The number of aromatic hydroxyl groups is 1. The van der Waals surface area contributed by atoms with Crippen molar-refractivity contribution in [3.63, 3.8) is 0 Å². The van der Waals surface area contributed by atoms with E-state index in [1.165, 1.54) is 12.1 Å². The summed E-state index contributed by atoms with van der Waals surface area (Å²) in [5, 5.41) is 13.0. The quantitative estimate of drug-likeness (QED) is 0.752. The van der Waals surface area contributed by atoms with Crippen molar-refractivity contribution in [1.82, 2.24) is 0 Å². The van der Waals surface area contributed by atoms with Crippen molar-refractivity contribution in [1.29, 1.82) is 0 Å². The standard InChI is InChI=1S/C12H11ClN2O2/c1-14-7-3-4-9(16)10-8(15-2)5-6(13)12(17)11(7)10/h3-5,15,17H,1-2H3. The second-order valence-corrected chi connectivity index (χ2v) is 3.97. The first-order valence-corrected chi connectivity index (χ1v) is 5.40. The van der Waals surface area contributed by atoms with E-state index in [9.17, 15) is 9.90 Å². The third-order valence-corrected chi connectivity index (χ3v) is 2.95. The van der Waals surface area contributed by atoms with Crippen LogP contribution in [-0.4, -0.2) is 30.7 Å². The molecule has 1 aliphatic carbocycles. The molecule has 0 heterocycles. The van der Waals surface area contributed by atoms with E-state index in [2.05, 4.69) is 10.3 Å². The van der Waals surface area contributed by atoms with Crippen LogP contribution in [-0.2, 0) is 0 Å². The number of allylic oxidation sites excluding steroid dienone is 2. The fourth-order valence-corrected chi connectivity index (χ4v) is 2.05. The van der Waals surface area contributed by atoms with Gasteiger partial charge in [0.1, 0.15) is 5.75 Å². The first-order valence-electron chi connectivity index (χ1n) is 5.03. The third kappa shape index (κ3) is 1.70. The van der Waals surface area contributed by atoms with Crippen LogP contribution in [0.4, 0.5) is 5.69 Å². The lowest BCUT2D eigenvalue weighted by Crippen LogP contribution is -2.15. The Kier molecular flexibility index (Phi) is 2.90. The molecule has 0 radical (unpaired) electrons. The summed E-state index contributed by atoms with van der Waals surface area (Å²) in [5.41, 5.74) is 1.91. The van der Waals surface area contributed by atoms with Gasteiger partial charge in [0.15, 0.2) is 5.78 Å². The molecule has 0 saturated heterocycles. The molecule has 0 fully saturated rings. The van der Waals surface area contributed by atoms with Gasteiger partial charge in [-0.15, -0.1) is 0 Å². The van der Waals surface area contributed by atoms with Gasteiger partial charge in [-0.25, -0.2) is 0 Å². The number of ketones is 1. The van der Waals surface area contributed by atoms with Gasteiger partial charge in [-0.1, -0.05) is 11.6 Å². The number of fused-ring (bicyclic) bond motifs is 1. The van der Waals surface area contributed by atoms with Crippen LogP contribution in [0, 0.1) is 0 Å². The maximum atomic E-state index is 11.9. The summed E-state index contributed by atoms with van der Waals surface area (Å²) in [6.45, 7) is 0. The number of hydrogen-bond acceptors (Lipinski definition) is 4. The van der Waals surface area contributed by atoms with Gasteiger partial charge in [0.05, 0.1) is 21.9 Å². The molecule has 0 saturated carbocycles. The van der Waals surface area contributed by atoms with Crippen molar-refractivity contribution in [3.05, 3.63) is 34.4 Å². The molecule has 1 aromatic rings. The largest absolute Gasteiger partial charge is 0.506 e. The fraction of sp³-hybridized carbons (Fsp3) is 0.167. The molecule has 4 nitrogen and oxygen atoms in total. The van der Waals surface area contributed by atoms with E-state index in [1.54, 1.807) is 20.2 Å². The zero-order valence-corrected chi connectivity index (χ0v) is 10.2. The first-order chi connectivity index (χ1) is 8.10. The van der Waals surface area contributed by atoms with Gasteiger partial charge in [-0.2, -0.15) is 0 Å². The lowest BCUT2D eigenvalue weighted by molar-refractivity contribution is 0.104. The molecule has 5 heteroatoms. The molecule has 0 bridgehead atoms. The first kappa shape index (κ1) is 11.7. The molecule has 0 aliphatic heterocycles. The van der Waals surface area contributed by atoms with Gasteiger partial charge < -0.3 is 10.4 Å². The summed E-state index contributed by atoms with van der Waals surface area (Å²) in [5.74, 6) is -0.289. The van der Waals surface area contributed by atoms with Crippen molar-refractivity contribution in [2.75, 3.05) is 19.4 Å². The van der Waals surface area contributed by atoms with Crippen LogP contribution in [0.15, 0.2) is 23.2 Å². The number of carbonyl (C=O) groups excluding carboxylic acids is 1. The average Bonchev–Trinajstić information content (AvgIpc) is 2.34. The van der Waals surface area contributed by atoms with Gasteiger partial charge in [-0.05, 0) is 18.2 Å². The Labute approximate surface area is 104 Å². The number of nitrogens with zero attached hydrogens (tertiary/aromatic N) is 1. The predicted octanol–water partition coefficient (Wildman–Crippen LogP) is 2.26. The Hall–Kier alpha value is -1.81. The van der Waals surface area contributed by atoms with Crippen molar-refractivity contribution in [2.45, 2.75) is 0 Å². The zero-order chi connectivity index (χ0) is 12.6. The van der Waals surface area contributed by atoms with Crippen LogP contribution in [0.3, 0.4) is 0 Å². The second-order valence-electron chi connectivity index (χ2n) is 3.56. The minimum atomic E-state index is -0.177. The maximum absolute atomic E-state index is 11.9. The minimum absolute atomic E-state index is 0.112. The lowest BCUT2D eigenvalue weighted by atomic mass is 9.91. The number of halogens is 1. The Morgan fingerprint density at radius 3 is 2.65 bits per heavy atom. The number of benzene rings is 1. The number of nitrogens with one attached hydrogen (secondary N) is 1. The van der Waals surface area contributed by atoms with E-state index in [0.717, 1.165) is 0 Å². The minimum Gasteiger partial charge on any atom is -0.506 e. The lowest BCUT2D eigenvalue weighted by Gasteiger charge is -2.18. The van der Waals surface area contributed by atoms with Gasteiger partial charge in [0.25, 0.3) is 0 Å². The Bertz CT molecular complexity index is 562. The number of phenols is 1. The van der Waals surface area contributed by atoms with Crippen LogP contribution in [0.5, 0.6) is 5.75 Å². The maximum Gasteiger partial charge on any atom is 0.188 e. The molecular formula is C12H11ClN2O2. The van der Waals surface area contributed by atoms with Crippen molar-refractivity contribution >= 4 is 28.8 Å². The topological polar surface area (TPSA) is 61.7 Å². The van der Waals surface area contributed by atoms with E-state index >= 15 is 0 Å². The number of anilines is 1. The van der Waals surface area contributed by atoms with Crippen LogP contribution in [0.25, 0.3) is 0 Å². The highest BCUT2D eigenvalue weighted by atomic mass is 35.5. The zero-order valence-electron chi connectivity index (χ0n) is 9.41. The summed E-state index contributed by atoms with van der Waals surface area (Å²) in [6.07, 6.45) is 3.00. The summed E-state index contributed by atoms with van der Waals surface area (Å²) in [6, 6.07) is 1.53. The molecule has 17 heavy (non-hydrogen) atoms. The highest BCUT2D eigenvalue weighted by Crippen LogP contribution is 2.38. The van der Waals surface area contributed by atoms with Gasteiger partial charge in [-0.3, -0.25) is 9.79 Å². The van der Waals surface area contributed by atoms with Gasteiger partial charge >= 0.3 is 0 Å². The van der Waals surface area contributed by atoms with E-state index in [0.29, 0.717) is 22.5 Å². The molecule has 0 spiro atoms. The van der Waals surface area contributed by atoms with Crippen molar-refractivity contribution in [3.8, 4) is 5.75 Å². The summed E-state index contributed by atoms with van der Waals surface area (Å²) < 4.78 is 0. The van der Waals surface area contributed by atoms with Gasteiger partial charge in [0.2, 0.25) is 0 Å². The molecular weight excluding hydrogens is 240 g/mol. The monoisotopic (exact) mass is 250 g/mol. The second kappa shape index (κ2) is 4.22.